The van der Waals surface area contributed by atoms with Crippen LogP contribution in [0.25, 0.3) is 22.6 Å². The number of rotatable bonds is 4. The molecule has 0 amide bonds. The molecule has 0 bridgehead atoms. The van der Waals surface area contributed by atoms with Gasteiger partial charge in [0.05, 0.1) is 22.3 Å². The number of fused-ring (bicyclic) bond motifs is 2. The van der Waals surface area contributed by atoms with E-state index in [0.717, 1.165) is 34.5 Å². The van der Waals surface area contributed by atoms with E-state index < -0.39 is 17.7 Å². The minimum Gasteiger partial charge on any atom is -0.457 e. The fourth-order valence-corrected chi connectivity index (χ4v) is 4.46. The van der Waals surface area contributed by atoms with Crippen LogP contribution in [0, 0.1) is 0 Å². The number of aromatic nitrogens is 1. The van der Waals surface area contributed by atoms with Gasteiger partial charge < -0.3 is 4.74 Å². The normalized spacial score (nSPS) is 14.3. The molecule has 4 aromatic rings. The molecule has 0 unspecified atom stereocenters. The number of allylic oxidation sites excluding steroid dienone is 1. The Morgan fingerprint density at radius 1 is 1.00 bits per heavy atom. The van der Waals surface area contributed by atoms with Gasteiger partial charge in [-0.2, -0.15) is 13.2 Å². The first-order valence-electron chi connectivity index (χ1n) is 11.0. The van der Waals surface area contributed by atoms with Crippen LogP contribution >= 0.6 is 11.6 Å². The second-order valence-corrected chi connectivity index (χ2v) is 8.76. The summed E-state index contributed by atoms with van der Waals surface area (Å²) in [5.74, 6) is -0.579. The van der Waals surface area contributed by atoms with Gasteiger partial charge in [0.15, 0.2) is 0 Å². The smallest absolute Gasteiger partial charge is 0.416 e. The molecule has 5 rings (SSSR count). The van der Waals surface area contributed by atoms with Crippen molar-refractivity contribution < 1.29 is 22.7 Å². The third-order valence-corrected chi connectivity index (χ3v) is 6.23. The summed E-state index contributed by atoms with van der Waals surface area (Å²) in [5, 5.41) is 1.31. The second-order valence-electron chi connectivity index (χ2n) is 8.33. The van der Waals surface area contributed by atoms with Crippen LogP contribution in [-0.2, 0) is 23.9 Å². The lowest BCUT2D eigenvalue weighted by Gasteiger charge is -2.13. The average Bonchev–Trinajstić information content (AvgIpc) is 3.24. The maximum absolute atomic E-state index is 13.3. The lowest BCUT2D eigenvalue weighted by atomic mass is 10.0. The van der Waals surface area contributed by atoms with Gasteiger partial charge in [-0.25, -0.2) is 9.78 Å². The fourth-order valence-electron chi connectivity index (χ4n) is 4.33. The van der Waals surface area contributed by atoms with E-state index in [0.29, 0.717) is 34.3 Å². The molecule has 3 nitrogen and oxygen atoms in total. The highest BCUT2D eigenvalue weighted by Crippen LogP contribution is 2.38. The minimum absolute atomic E-state index is 0.262. The number of esters is 1. The molecule has 1 aromatic heterocycles. The van der Waals surface area contributed by atoms with Gasteiger partial charge in [-0.1, -0.05) is 54.1 Å². The number of carbonyl (C=O) groups is 1. The number of hydrogen-bond donors (Lipinski definition) is 0. The predicted octanol–water partition coefficient (Wildman–Crippen LogP) is 7.75. The summed E-state index contributed by atoms with van der Waals surface area (Å²) in [4.78, 5) is 18.1. The van der Waals surface area contributed by atoms with E-state index in [2.05, 4.69) is 0 Å². The number of pyridine rings is 1. The Labute approximate surface area is 204 Å². The van der Waals surface area contributed by atoms with Crippen LogP contribution < -0.4 is 0 Å². The molecule has 0 spiro atoms. The number of carbonyl (C=O) groups excluding carboxylic acids is 1. The first-order chi connectivity index (χ1) is 16.8. The highest BCUT2D eigenvalue weighted by atomic mass is 35.5. The quantitative estimate of drug-likeness (QED) is 0.273. The number of hydrogen-bond acceptors (Lipinski definition) is 3. The molecule has 1 aliphatic carbocycles. The van der Waals surface area contributed by atoms with Crippen LogP contribution in [0.5, 0.6) is 0 Å². The Bertz CT molecular complexity index is 1460. The Morgan fingerprint density at radius 2 is 1.77 bits per heavy atom. The molecular formula is C28H19ClF3NO2. The van der Waals surface area contributed by atoms with Gasteiger partial charge in [-0.15, -0.1) is 0 Å². The summed E-state index contributed by atoms with van der Waals surface area (Å²) >= 11 is 6.00. The molecule has 7 heteroatoms. The Kier molecular flexibility index (Phi) is 6.07. The van der Waals surface area contributed by atoms with Crippen molar-refractivity contribution in [3.05, 3.63) is 111 Å². The summed E-state index contributed by atoms with van der Waals surface area (Å²) in [6.45, 7) is -0.262. The van der Waals surface area contributed by atoms with Crippen LogP contribution in [-0.4, -0.2) is 11.0 Å². The molecule has 1 heterocycles. The summed E-state index contributed by atoms with van der Waals surface area (Å²) in [5.41, 5.74) is 4.06. The highest BCUT2D eigenvalue weighted by molar-refractivity contribution is 6.30. The molecule has 1 aliphatic rings. The van der Waals surface area contributed by atoms with Crippen molar-refractivity contribution in [3.8, 4) is 0 Å². The maximum Gasteiger partial charge on any atom is 0.416 e. The summed E-state index contributed by atoms with van der Waals surface area (Å²) in [6.07, 6.45) is -1.12. The van der Waals surface area contributed by atoms with Crippen molar-refractivity contribution in [2.24, 2.45) is 0 Å². The maximum atomic E-state index is 13.3. The van der Waals surface area contributed by atoms with Crippen molar-refractivity contribution in [3.63, 3.8) is 0 Å². The van der Waals surface area contributed by atoms with Gasteiger partial charge in [0.25, 0.3) is 0 Å². The lowest BCUT2D eigenvalue weighted by molar-refractivity contribution is -0.137. The van der Waals surface area contributed by atoms with Crippen LogP contribution in [0.1, 0.15) is 44.7 Å². The van der Waals surface area contributed by atoms with Crippen molar-refractivity contribution in [2.75, 3.05) is 0 Å². The summed E-state index contributed by atoms with van der Waals surface area (Å²) < 4.78 is 44.6. The molecule has 176 valence electrons. The number of ether oxygens (including phenoxy) is 1. The van der Waals surface area contributed by atoms with Gasteiger partial charge >= 0.3 is 12.1 Å². The van der Waals surface area contributed by atoms with Crippen LogP contribution in [0.15, 0.2) is 72.8 Å². The zero-order valence-electron chi connectivity index (χ0n) is 18.4. The van der Waals surface area contributed by atoms with Gasteiger partial charge in [0.2, 0.25) is 0 Å². The summed E-state index contributed by atoms with van der Waals surface area (Å²) in [6, 6.07) is 19.6. The zero-order valence-corrected chi connectivity index (χ0v) is 19.2. The largest absolute Gasteiger partial charge is 0.457 e. The second kappa shape index (κ2) is 9.19. The third kappa shape index (κ3) is 4.80. The van der Waals surface area contributed by atoms with Gasteiger partial charge in [-0.3, -0.25) is 0 Å². The monoisotopic (exact) mass is 493 g/mol. The predicted molar refractivity (Wildman–Crippen MR) is 130 cm³/mol. The number of nitrogens with zero attached hydrogens (tertiary/aromatic N) is 1. The molecule has 0 N–H and O–H groups in total. The van der Waals surface area contributed by atoms with Crippen LogP contribution in [0.4, 0.5) is 13.2 Å². The molecule has 0 aliphatic heterocycles. The molecule has 0 saturated carbocycles. The molecule has 0 fully saturated rings. The summed E-state index contributed by atoms with van der Waals surface area (Å²) in [7, 11) is 0. The Balaban J connectivity index is 1.50. The number of benzene rings is 3. The topological polar surface area (TPSA) is 39.2 Å². The number of halogens is 4. The minimum atomic E-state index is -4.46. The van der Waals surface area contributed by atoms with Gasteiger partial charge in [-0.05, 0) is 71.5 Å². The van der Waals surface area contributed by atoms with E-state index in [-0.39, 0.29) is 12.2 Å². The van der Waals surface area contributed by atoms with E-state index in [1.165, 1.54) is 12.1 Å². The molecular weight excluding hydrogens is 475 g/mol. The van der Waals surface area contributed by atoms with Gasteiger partial charge in [0, 0.05) is 10.4 Å². The molecule has 3 aromatic carbocycles. The van der Waals surface area contributed by atoms with Crippen molar-refractivity contribution in [2.45, 2.75) is 25.6 Å². The fraction of sp³-hybridized carbons (Fsp3) is 0.143. The van der Waals surface area contributed by atoms with Crippen molar-refractivity contribution >= 4 is 40.1 Å². The Hall–Kier alpha value is -3.64. The van der Waals surface area contributed by atoms with Crippen LogP contribution in [0.2, 0.25) is 5.02 Å². The number of alkyl halides is 3. The molecule has 35 heavy (non-hydrogen) atoms. The Morgan fingerprint density at radius 3 is 2.54 bits per heavy atom. The van der Waals surface area contributed by atoms with Gasteiger partial charge in [0.1, 0.15) is 6.61 Å². The first-order valence-corrected chi connectivity index (χ1v) is 11.4. The van der Waals surface area contributed by atoms with E-state index in [4.69, 9.17) is 21.3 Å². The van der Waals surface area contributed by atoms with Crippen molar-refractivity contribution in [1.29, 1.82) is 0 Å². The van der Waals surface area contributed by atoms with E-state index in [1.54, 1.807) is 0 Å². The zero-order chi connectivity index (χ0) is 24.6. The lowest BCUT2D eigenvalue weighted by Crippen LogP contribution is -2.11. The number of para-hydroxylation sites is 1. The SMILES string of the molecule is O=C(OCc1cccc(C(F)(F)F)c1)c1c2c(nc3ccccc13)/C(=C/c1ccc(Cl)cc1)CC2. The van der Waals surface area contributed by atoms with Crippen LogP contribution in [0.3, 0.4) is 0 Å². The van der Waals surface area contributed by atoms with E-state index in [1.807, 2.05) is 54.6 Å². The van der Waals surface area contributed by atoms with E-state index in [9.17, 15) is 18.0 Å². The first kappa shape index (κ1) is 23.1. The van der Waals surface area contributed by atoms with Crippen molar-refractivity contribution in [1.82, 2.24) is 4.98 Å². The molecule has 0 atom stereocenters. The van der Waals surface area contributed by atoms with E-state index >= 15 is 0 Å². The third-order valence-electron chi connectivity index (χ3n) is 5.98. The highest BCUT2D eigenvalue weighted by Gasteiger charge is 2.31. The molecule has 0 radical (unpaired) electrons. The molecule has 0 saturated heterocycles. The standard InChI is InChI=1S/C28H19ClF3NO2/c29-21-11-8-17(9-12-21)14-19-10-13-23-25(22-6-1-2-7-24(22)33-26(19)23)27(34)35-16-18-4-3-5-20(15-18)28(30,31)32/h1-9,11-12,14-15H,10,13,16H2/b19-14+. The average molecular weight is 494 g/mol.